The first-order valence-corrected chi connectivity index (χ1v) is 10.5. The van der Waals surface area contributed by atoms with Crippen molar-refractivity contribution >= 4 is 38.6 Å². The number of aryl methyl sites for hydroxylation is 2. The zero-order valence-corrected chi connectivity index (χ0v) is 16.7. The molecule has 10 heteroatoms. The topological polar surface area (TPSA) is 106 Å². The van der Waals surface area contributed by atoms with E-state index in [1.165, 1.54) is 16.4 Å². The number of amides is 1. The molecule has 3 aromatic rings. The summed E-state index contributed by atoms with van der Waals surface area (Å²) in [5, 5.41) is 5.06. The highest BCUT2D eigenvalue weighted by molar-refractivity contribution is 8.00. The predicted octanol–water partition coefficient (Wildman–Crippen LogP) is 1.69. The van der Waals surface area contributed by atoms with Crippen molar-refractivity contribution in [3.05, 3.63) is 47.9 Å². The first-order chi connectivity index (χ1) is 12.8. The van der Waals surface area contributed by atoms with Crippen LogP contribution in [0.25, 0.3) is 10.9 Å². The molecule has 27 heavy (non-hydrogen) atoms. The van der Waals surface area contributed by atoms with Crippen LogP contribution in [-0.4, -0.2) is 34.8 Å². The highest BCUT2D eigenvalue weighted by atomic mass is 32.2. The Morgan fingerprint density at radius 1 is 1.22 bits per heavy atom. The quantitative estimate of drug-likeness (QED) is 0.477. The number of benzene rings is 1. The molecule has 0 aliphatic carbocycles. The van der Waals surface area contributed by atoms with Crippen molar-refractivity contribution in [2.75, 3.05) is 5.75 Å². The molecule has 0 saturated carbocycles. The number of nitrogens with zero attached hydrogens (tertiary/aromatic N) is 3. The normalized spacial score (nSPS) is 11.7. The van der Waals surface area contributed by atoms with Crippen LogP contribution >= 0.6 is 11.8 Å². The number of sulfonamides is 1. The molecule has 0 aliphatic heterocycles. The van der Waals surface area contributed by atoms with Crippen LogP contribution in [0.3, 0.4) is 0 Å². The van der Waals surface area contributed by atoms with Crippen molar-refractivity contribution in [1.29, 1.82) is 0 Å². The standard InChI is InChI=1S/C17H19N5O3S2/c1-11-17(12(2)22(3)20-11)27(24,25)21-19-15(23)10-26-14-8-4-6-13-7-5-9-18-16(13)14/h4-9,21H,10H2,1-3H3,(H,19,23). The van der Waals surface area contributed by atoms with Gasteiger partial charge in [-0.15, -0.1) is 16.6 Å². The zero-order chi connectivity index (χ0) is 19.6. The molecule has 8 nitrogen and oxygen atoms in total. The third kappa shape index (κ3) is 4.12. The van der Waals surface area contributed by atoms with Gasteiger partial charge in [-0.05, 0) is 26.0 Å². The Balaban J connectivity index is 1.64. The number of hydrazine groups is 1. The zero-order valence-electron chi connectivity index (χ0n) is 15.1. The van der Waals surface area contributed by atoms with E-state index in [4.69, 9.17) is 0 Å². The molecule has 2 heterocycles. The van der Waals surface area contributed by atoms with E-state index in [1.54, 1.807) is 27.1 Å². The Morgan fingerprint density at radius 3 is 2.67 bits per heavy atom. The minimum Gasteiger partial charge on any atom is -0.277 e. The van der Waals surface area contributed by atoms with Crippen LogP contribution < -0.4 is 10.3 Å². The molecule has 0 atom stereocenters. The van der Waals surface area contributed by atoms with Crippen LogP contribution in [0.2, 0.25) is 0 Å². The van der Waals surface area contributed by atoms with Crippen molar-refractivity contribution in [2.45, 2.75) is 23.6 Å². The molecule has 0 aliphatic rings. The Bertz CT molecular complexity index is 1100. The highest BCUT2D eigenvalue weighted by Gasteiger charge is 2.24. The van der Waals surface area contributed by atoms with Crippen LogP contribution in [0.15, 0.2) is 46.3 Å². The second-order valence-electron chi connectivity index (χ2n) is 5.90. The van der Waals surface area contributed by atoms with Gasteiger partial charge in [0.1, 0.15) is 4.90 Å². The van der Waals surface area contributed by atoms with Crippen molar-refractivity contribution in [3.8, 4) is 0 Å². The average Bonchev–Trinajstić information content (AvgIpc) is 2.90. The van der Waals surface area contributed by atoms with Gasteiger partial charge in [-0.3, -0.25) is 19.9 Å². The van der Waals surface area contributed by atoms with E-state index in [-0.39, 0.29) is 10.6 Å². The van der Waals surface area contributed by atoms with Gasteiger partial charge in [-0.2, -0.15) is 5.10 Å². The van der Waals surface area contributed by atoms with Gasteiger partial charge in [0.05, 0.1) is 22.7 Å². The summed E-state index contributed by atoms with van der Waals surface area (Å²) in [5.41, 5.74) is 3.91. The average molecular weight is 406 g/mol. The van der Waals surface area contributed by atoms with Gasteiger partial charge in [0.25, 0.3) is 10.0 Å². The molecule has 2 N–H and O–H groups in total. The van der Waals surface area contributed by atoms with Gasteiger partial charge in [0.15, 0.2) is 0 Å². The maximum absolute atomic E-state index is 12.4. The van der Waals surface area contributed by atoms with Gasteiger partial charge in [-0.1, -0.05) is 18.2 Å². The van der Waals surface area contributed by atoms with Gasteiger partial charge in [0.2, 0.25) is 5.91 Å². The molecular formula is C17H19N5O3S2. The van der Waals surface area contributed by atoms with Crippen molar-refractivity contribution in [1.82, 2.24) is 25.0 Å². The molecule has 1 amide bonds. The number of pyridine rings is 1. The van der Waals surface area contributed by atoms with E-state index >= 15 is 0 Å². The van der Waals surface area contributed by atoms with E-state index in [0.717, 1.165) is 15.8 Å². The van der Waals surface area contributed by atoms with Crippen LogP contribution in [0.5, 0.6) is 0 Å². The third-order valence-electron chi connectivity index (χ3n) is 3.99. The third-order valence-corrected chi connectivity index (χ3v) is 6.54. The first kappa shape index (κ1) is 19.3. The van der Waals surface area contributed by atoms with Crippen molar-refractivity contribution in [3.63, 3.8) is 0 Å². The van der Waals surface area contributed by atoms with Gasteiger partial charge in [0, 0.05) is 23.5 Å². The van der Waals surface area contributed by atoms with E-state index < -0.39 is 15.9 Å². The second-order valence-corrected chi connectivity index (χ2v) is 8.53. The Labute approximate surface area is 161 Å². The molecule has 0 saturated heterocycles. The summed E-state index contributed by atoms with van der Waals surface area (Å²) in [6.07, 6.45) is 1.69. The number of fused-ring (bicyclic) bond motifs is 1. The smallest absolute Gasteiger partial charge is 0.261 e. The van der Waals surface area contributed by atoms with Crippen molar-refractivity contribution in [2.24, 2.45) is 7.05 Å². The summed E-state index contributed by atoms with van der Waals surface area (Å²) >= 11 is 1.29. The van der Waals surface area contributed by atoms with Gasteiger partial charge < -0.3 is 0 Å². The van der Waals surface area contributed by atoms with Crippen LogP contribution in [-0.2, 0) is 21.9 Å². The number of nitrogens with one attached hydrogen (secondary N) is 2. The van der Waals surface area contributed by atoms with Crippen LogP contribution in [0.1, 0.15) is 11.4 Å². The minimum absolute atomic E-state index is 0.0449. The lowest BCUT2D eigenvalue weighted by molar-refractivity contribution is -0.119. The number of thioether (sulfide) groups is 1. The fraction of sp³-hybridized carbons (Fsp3) is 0.235. The predicted molar refractivity (Wildman–Crippen MR) is 104 cm³/mol. The van der Waals surface area contributed by atoms with Crippen LogP contribution in [0, 0.1) is 13.8 Å². The van der Waals surface area contributed by atoms with E-state index in [0.29, 0.717) is 11.4 Å². The number of para-hydroxylation sites is 1. The summed E-state index contributed by atoms with van der Waals surface area (Å²) in [5.74, 6) is -0.417. The molecule has 2 aromatic heterocycles. The Morgan fingerprint density at radius 2 is 1.96 bits per heavy atom. The summed E-state index contributed by atoms with van der Waals surface area (Å²) in [7, 11) is -2.24. The molecular weight excluding hydrogens is 386 g/mol. The molecule has 0 radical (unpaired) electrons. The molecule has 3 rings (SSSR count). The lowest BCUT2D eigenvalue weighted by Gasteiger charge is -2.09. The summed E-state index contributed by atoms with van der Waals surface area (Å²) in [6.45, 7) is 3.26. The molecule has 142 valence electrons. The van der Waals surface area contributed by atoms with Crippen LogP contribution in [0.4, 0.5) is 0 Å². The van der Waals surface area contributed by atoms with Gasteiger partial charge in [-0.25, -0.2) is 8.42 Å². The number of aromatic nitrogens is 3. The molecule has 1 aromatic carbocycles. The maximum Gasteiger partial charge on any atom is 0.261 e. The van der Waals surface area contributed by atoms with E-state index in [2.05, 4.69) is 20.3 Å². The van der Waals surface area contributed by atoms with E-state index in [1.807, 2.05) is 30.3 Å². The fourth-order valence-corrected chi connectivity index (χ4v) is 4.83. The number of carbonyl (C=O) groups is 1. The monoisotopic (exact) mass is 405 g/mol. The number of hydrogen-bond donors (Lipinski definition) is 2. The minimum atomic E-state index is -3.90. The summed E-state index contributed by atoms with van der Waals surface area (Å²) < 4.78 is 26.4. The fourth-order valence-electron chi connectivity index (χ4n) is 2.69. The summed E-state index contributed by atoms with van der Waals surface area (Å²) in [4.78, 5) is 19.5. The van der Waals surface area contributed by atoms with Gasteiger partial charge >= 0.3 is 0 Å². The number of hydrogen-bond acceptors (Lipinski definition) is 6. The number of carbonyl (C=O) groups excluding carboxylic acids is 1. The highest BCUT2D eigenvalue weighted by Crippen LogP contribution is 2.25. The molecule has 0 bridgehead atoms. The Kier molecular flexibility index (Phi) is 5.49. The maximum atomic E-state index is 12.4. The number of rotatable bonds is 6. The van der Waals surface area contributed by atoms with E-state index in [9.17, 15) is 13.2 Å². The Hall–Kier alpha value is -2.43. The first-order valence-electron chi connectivity index (χ1n) is 8.07. The molecule has 0 fully saturated rings. The molecule has 0 unspecified atom stereocenters. The summed E-state index contributed by atoms with van der Waals surface area (Å²) in [6, 6.07) is 9.50. The lowest BCUT2D eigenvalue weighted by atomic mass is 10.2. The lowest BCUT2D eigenvalue weighted by Crippen LogP contribution is -2.42. The second kappa shape index (κ2) is 7.67. The SMILES string of the molecule is Cc1nn(C)c(C)c1S(=O)(=O)NNC(=O)CSc1cccc2cccnc12. The van der Waals surface area contributed by atoms with Crippen molar-refractivity contribution < 1.29 is 13.2 Å². The molecule has 0 spiro atoms. The largest absolute Gasteiger partial charge is 0.277 e.